The van der Waals surface area contributed by atoms with Gasteiger partial charge in [0.05, 0.1) is 11.0 Å². The molecule has 2 aromatic heterocycles. The summed E-state index contributed by atoms with van der Waals surface area (Å²) in [5.74, 6) is 0. The van der Waals surface area contributed by atoms with Gasteiger partial charge in [-0.15, -0.1) is 0 Å². The van der Waals surface area contributed by atoms with Crippen LogP contribution in [0, 0.1) is 0 Å². The van der Waals surface area contributed by atoms with Crippen molar-refractivity contribution < 1.29 is 0 Å². The number of benzene rings is 6. The number of fused-ring (bicyclic) bond motifs is 6. The Labute approximate surface area is 226 Å². The van der Waals surface area contributed by atoms with Crippen LogP contribution in [0.5, 0.6) is 0 Å². The Morgan fingerprint density at radius 1 is 0.410 bits per heavy atom. The van der Waals surface area contributed by atoms with Crippen LogP contribution in [0.15, 0.2) is 146 Å². The van der Waals surface area contributed by atoms with Crippen LogP contribution in [-0.2, 0) is 0 Å². The molecular weight excluding hydrogens is 474 g/mol. The van der Waals surface area contributed by atoms with E-state index in [0.717, 1.165) is 22.7 Å². The van der Waals surface area contributed by atoms with E-state index in [2.05, 4.69) is 160 Å². The van der Waals surface area contributed by atoms with Gasteiger partial charge in [-0.05, 0) is 72.8 Å². The van der Waals surface area contributed by atoms with E-state index in [9.17, 15) is 0 Å². The normalized spacial score (nSPS) is 11.6. The molecule has 0 spiro atoms. The third kappa shape index (κ3) is 3.44. The second kappa shape index (κ2) is 8.64. The monoisotopic (exact) mass is 499 g/mol. The molecule has 184 valence electrons. The van der Waals surface area contributed by atoms with E-state index < -0.39 is 0 Å². The van der Waals surface area contributed by atoms with Crippen molar-refractivity contribution in [3.05, 3.63) is 146 Å². The molecule has 0 aliphatic carbocycles. The maximum absolute atomic E-state index is 3.62. The number of nitrogens with one attached hydrogen (secondary N) is 1. The molecule has 39 heavy (non-hydrogen) atoms. The molecule has 8 rings (SSSR count). The number of hydrogen-bond acceptors (Lipinski definition) is 1. The number of aromatic amines is 1. The number of para-hydroxylation sites is 4. The van der Waals surface area contributed by atoms with Crippen molar-refractivity contribution in [3.8, 4) is 5.69 Å². The lowest BCUT2D eigenvalue weighted by atomic mass is 10.1. The number of H-pyrrole nitrogens is 1. The molecule has 2 heterocycles. The van der Waals surface area contributed by atoms with Gasteiger partial charge in [0, 0.05) is 55.3 Å². The fraction of sp³-hybridized carbons (Fsp3) is 0. The van der Waals surface area contributed by atoms with Crippen LogP contribution in [-0.4, -0.2) is 9.55 Å². The number of rotatable bonds is 4. The van der Waals surface area contributed by atoms with Crippen molar-refractivity contribution in [1.29, 1.82) is 0 Å². The summed E-state index contributed by atoms with van der Waals surface area (Å²) in [6.07, 6.45) is 0. The number of nitrogens with zero attached hydrogens (tertiary/aromatic N) is 2. The van der Waals surface area contributed by atoms with Gasteiger partial charge < -0.3 is 14.5 Å². The first-order chi connectivity index (χ1) is 19.3. The van der Waals surface area contributed by atoms with Crippen LogP contribution >= 0.6 is 0 Å². The Kier molecular flexibility index (Phi) is 4.82. The fourth-order valence-electron chi connectivity index (χ4n) is 5.94. The highest BCUT2D eigenvalue weighted by Crippen LogP contribution is 2.38. The van der Waals surface area contributed by atoms with Crippen molar-refractivity contribution in [1.82, 2.24) is 9.55 Å². The van der Waals surface area contributed by atoms with Crippen molar-refractivity contribution >= 4 is 60.7 Å². The average molecular weight is 500 g/mol. The largest absolute Gasteiger partial charge is 0.354 e. The summed E-state index contributed by atoms with van der Waals surface area (Å²) >= 11 is 0. The predicted octanol–water partition coefficient (Wildman–Crippen LogP) is 9.89. The van der Waals surface area contributed by atoms with Crippen LogP contribution in [0.25, 0.3) is 49.3 Å². The molecular formula is C36H25N3. The number of hydrogen-bond donors (Lipinski definition) is 1. The third-order valence-corrected chi connectivity index (χ3v) is 7.69. The van der Waals surface area contributed by atoms with Crippen molar-refractivity contribution in [3.63, 3.8) is 0 Å². The molecule has 0 saturated heterocycles. The highest BCUT2D eigenvalue weighted by atomic mass is 15.1. The van der Waals surface area contributed by atoms with Crippen molar-refractivity contribution in [2.45, 2.75) is 0 Å². The first kappa shape index (κ1) is 21.8. The SMILES string of the molecule is c1ccc(N(c2ccccc2)c2ccc(-n3c4ccccc4c4cc5[nH]c6ccccc6c5cc43)cc2)cc1. The summed E-state index contributed by atoms with van der Waals surface area (Å²) < 4.78 is 2.39. The standard InChI is InChI=1S/C36H25N3/c1-3-11-25(12-4-1)38(26-13-5-2-6-14-26)27-19-21-28(22-20-27)39-35-18-10-8-16-30(35)32-23-34-31(24-36(32)39)29-15-7-9-17-33(29)37-34/h1-24,37H. The maximum Gasteiger partial charge on any atom is 0.0548 e. The zero-order valence-corrected chi connectivity index (χ0v) is 21.3. The van der Waals surface area contributed by atoms with Gasteiger partial charge in [0.15, 0.2) is 0 Å². The van der Waals surface area contributed by atoms with E-state index >= 15 is 0 Å². The summed E-state index contributed by atoms with van der Waals surface area (Å²) in [4.78, 5) is 5.92. The summed E-state index contributed by atoms with van der Waals surface area (Å²) in [7, 11) is 0. The molecule has 0 aliphatic heterocycles. The molecule has 3 nitrogen and oxygen atoms in total. The first-order valence-corrected chi connectivity index (χ1v) is 13.3. The zero-order valence-electron chi connectivity index (χ0n) is 21.3. The van der Waals surface area contributed by atoms with Crippen molar-refractivity contribution in [2.75, 3.05) is 4.90 Å². The van der Waals surface area contributed by atoms with E-state index in [1.165, 1.54) is 43.6 Å². The lowest BCUT2D eigenvalue weighted by Gasteiger charge is -2.25. The summed E-state index contributed by atoms with van der Waals surface area (Å²) in [5, 5.41) is 5.01. The predicted molar refractivity (Wildman–Crippen MR) is 165 cm³/mol. The van der Waals surface area contributed by atoms with Gasteiger partial charge >= 0.3 is 0 Å². The zero-order chi connectivity index (χ0) is 25.8. The molecule has 0 bridgehead atoms. The lowest BCUT2D eigenvalue weighted by Crippen LogP contribution is -2.09. The molecule has 8 aromatic rings. The Hall–Kier alpha value is -5.28. The smallest absolute Gasteiger partial charge is 0.0548 e. The minimum absolute atomic E-state index is 1.12. The molecule has 0 radical (unpaired) electrons. The van der Waals surface area contributed by atoms with E-state index in [1.54, 1.807) is 0 Å². The van der Waals surface area contributed by atoms with Crippen LogP contribution in [0.1, 0.15) is 0 Å². The topological polar surface area (TPSA) is 24.0 Å². The number of anilines is 3. The third-order valence-electron chi connectivity index (χ3n) is 7.69. The summed E-state index contributed by atoms with van der Waals surface area (Å²) in [6, 6.07) is 51.9. The van der Waals surface area contributed by atoms with E-state index in [1.807, 2.05) is 0 Å². The maximum atomic E-state index is 3.62. The van der Waals surface area contributed by atoms with Gasteiger partial charge in [0.2, 0.25) is 0 Å². The minimum atomic E-state index is 1.12. The van der Waals surface area contributed by atoms with Crippen LogP contribution in [0.2, 0.25) is 0 Å². The van der Waals surface area contributed by atoms with E-state index in [4.69, 9.17) is 0 Å². The lowest BCUT2D eigenvalue weighted by molar-refractivity contribution is 1.17. The molecule has 0 aliphatic rings. The Balaban J connectivity index is 1.33. The Morgan fingerprint density at radius 2 is 1.00 bits per heavy atom. The van der Waals surface area contributed by atoms with E-state index in [-0.39, 0.29) is 0 Å². The average Bonchev–Trinajstić information content (AvgIpc) is 3.53. The molecule has 0 amide bonds. The fourth-order valence-corrected chi connectivity index (χ4v) is 5.94. The van der Waals surface area contributed by atoms with Gasteiger partial charge in [0.1, 0.15) is 0 Å². The van der Waals surface area contributed by atoms with Gasteiger partial charge in [0.25, 0.3) is 0 Å². The van der Waals surface area contributed by atoms with Gasteiger partial charge in [-0.3, -0.25) is 0 Å². The van der Waals surface area contributed by atoms with Crippen LogP contribution in [0.4, 0.5) is 17.1 Å². The molecule has 3 heteroatoms. The number of aromatic nitrogens is 2. The highest BCUT2D eigenvalue weighted by Gasteiger charge is 2.16. The molecule has 1 N–H and O–H groups in total. The second-order valence-corrected chi connectivity index (χ2v) is 9.96. The first-order valence-electron chi connectivity index (χ1n) is 13.3. The van der Waals surface area contributed by atoms with Gasteiger partial charge in [-0.2, -0.15) is 0 Å². The Morgan fingerprint density at radius 3 is 1.72 bits per heavy atom. The Bertz CT molecular complexity index is 2060. The van der Waals surface area contributed by atoms with Gasteiger partial charge in [-0.1, -0.05) is 72.8 Å². The second-order valence-electron chi connectivity index (χ2n) is 9.96. The highest BCUT2D eigenvalue weighted by molar-refractivity contribution is 6.18. The van der Waals surface area contributed by atoms with Crippen molar-refractivity contribution in [2.24, 2.45) is 0 Å². The molecule has 0 saturated carbocycles. The quantitative estimate of drug-likeness (QED) is 0.256. The summed E-state index contributed by atoms with van der Waals surface area (Å²) in [6.45, 7) is 0. The minimum Gasteiger partial charge on any atom is -0.354 e. The molecule has 0 fully saturated rings. The van der Waals surface area contributed by atoms with Gasteiger partial charge in [-0.25, -0.2) is 0 Å². The summed E-state index contributed by atoms with van der Waals surface area (Å²) in [5.41, 5.74) is 9.29. The molecule has 0 unspecified atom stereocenters. The molecule has 6 aromatic carbocycles. The van der Waals surface area contributed by atoms with Crippen LogP contribution in [0.3, 0.4) is 0 Å². The van der Waals surface area contributed by atoms with E-state index in [0.29, 0.717) is 0 Å². The van der Waals surface area contributed by atoms with Crippen LogP contribution < -0.4 is 4.90 Å². The molecule has 0 atom stereocenters.